The van der Waals surface area contributed by atoms with Gasteiger partial charge in [-0.25, -0.2) is 9.59 Å². The molecule has 1 fully saturated rings. The van der Waals surface area contributed by atoms with Crippen LogP contribution in [0.5, 0.6) is 0 Å². The molecule has 0 saturated carbocycles. The molecule has 19 heavy (non-hydrogen) atoms. The van der Waals surface area contributed by atoms with E-state index in [4.69, 9.17) is 10.2 Å². The Labute approximate surface area is 113 Å². The molecule has 1 aliphatic heterocycles. The molecule has 0 spiro atoms. The predicted molar refractivity (Wildman–Crippen MR) is 71.3 cm³/mol. The highest BCUT2D eigenvalue weighted by atomic mass is 32.2. The molecule has 96 valence electrons. The number of hydrogen-bond donors (Lipinski definition) is 2. The SMILES string of the molecule is O=C(O)C1=CC2SC2(c2ccc(C(=O)O)cc2)C=C1. The first-order valence-electron chi connectivity index (χ1n) is 5.69. The molecule has 1 heterocycles. The molecule has 4 nitrogen and oxygen atoms in total. The molecule has 1 saturated heterocycles. The standard InChI is InChI=1S/C14H10O4S/c15-12(16)8-1-3-10(4-2-8)14-6-5-9(13(17)18)7-11(14)19-14/h1-7,11H,(H,15,16)(H,17,18). The second-order valence-electron chi connectivity index (χ2n) is 4.47. The Bertz CT molecular complexity index is 629. The van der Waals surface area contributed by atoms with Gasteiger partial charge < -0.3 is 10.2 Å². The Morgan fingerprint density at radius 3 is 2.32 bits per heavy atom. The molecule has 5 heteroatoms. The van der Waals surface area contributed by atoms with Gasteiger partial charge >= 0.3 is 11.9 Å². The van der Waals surface area contributed by atoms with Crippen molar-refractivity contribution in [3.8, 4) is 0 Å². The van der Waals surface area contributed by atoms with E-state index in [1.54, 1.807) is 48.2 Å². The van der Waals surface area contributed by atoms with Crippen molar-refractivity contribution in [3.05, 3.63) is 59.2 Å². The summed E-state index contributed by atoms with van der Waals surface area (Å²) < 4.78 is -0.212. The molecule has 0 aromatic heterocycles. The van der Waals surface area contributed by atoms with Gasteiger partial charge in [0.2, 0.25) is 0 Å². The van der Waals surface area contributed by atoms with Gasteiger partial charge in [0.1, 0.15) is 0 Å². The third kappa shape index (κ3) is 1.86. The largest absolute Gasteiger partial charge is 0.478 e. The van der Waals surface area contributed by atoms with E-state index in [2.05, 4.69) is 0 Å². The van der Waals surface area contributed by atoms with Gasteiger partial charge in [-0.3, -0.25) is 0 Å². The van der Waals surface area contributed by atoms with Crippen LogP contribution in [0.25, 0.3) is 0 Å². The highest BCUT2D eigenvalue weighted by molar-refractivity contribution is 8.08. The van der Waals surface area contributed by atoms with Gasteiger partial charge in [0.05, 0.1) is 15.9 Å². The molecular formula is C14H10O4S. The van der Waals surface area contributed by atoms with Gasteiger partial charge in [-0.05, 0) is 17.7 Å². The van der Waals surface area contributed by atoms with Crippen molar-refractivity contribution < 1.29 is 19.8 Å². The summed E-state index contributed by atoms with van der Waals surface area (Å²) in [6.07, 6.45) is 5.25. The van der Waals surface area contributed by atoms with Gasteiger partial charge in [0.25, 0.3) is 0 Å². The monoisotopic (exact) mass is 274 g/mol. The number of aromatic carboxylic acids is 1. The minimum absolute atomic E-state index is 0.124. The van der Waals surface area contributed by atoms with Crippen LogP contribution in [0.3, 0.4) is 0 Å². The predicted octanol–water partition coefficient (Wildman–Crippen LogP) is 2.28. The van der Waals surface area contributed by atoms with Crippen LogP contribution in [-0.4, -0.2) is 27.4 Å². The number of thioether (sulfide) groups is 1. The van der Waals surface area contributed by atoms with Crippen LogP contribution >= 0.6 is 11.8 Å². The van der Waals surface area contributed by atoms with Gasteiger partial charge in [-0.2, -0.15) is 0 Å². The van der Waals surface area contributed by atoms with E-state index >= 15 is 0 Å². The highest BCUT2D eigenvalue weighted by Crippen LogP contribution is 2.64. The molecule has 0 bridgehead atoms. The van der Waals surface area contributed by atoms with E-state index in [-0.39, 0.29) is 15.6 Å². The summed E-state index contributed by atoms with van der Waals surface area (Å²) in [5.41, 5.74) is 1.57. The Morgan fingerprint density at radius 1 is 1.11 bits per heavy atom. The lowest BCUT2D eigenvalue weighted by molar-refractivity contribution is -0.132. The van der Waals surface area contributed by atoms with Gasteiger partial charge in [-0.1, -0.05) is 30.4 Å². The van der Waals surface area contributed by atoms with Crippen LogP contribution in [-0.2, 0) is 9.54 Å². The molecule has 1 aromatic carbocycles. The number of aliphatic carboxylic acids is 1. The summed E-state index contributed by atoms with van der Waals surface area (Å²) in [5.74, 6) is -1.87. The van der Waals surface area contributed by atoms with Crippen LogP contribution in [0.4, 0.5) is 0 Å². The molecule has 2 atom stereocenters. The first kappa shape index (κ1) is 12.0. The number of benzene rings is 1. The van der Waals surface area contributed by atoms with Crippen LogP contribution in [0.15, 0.2) is 48.1 Å². The molecular weight excluding hydrogens is 264 g/mol. The lowest BCUT2D eigenvalue weighted by atomic mass is 9.89. The number of carboxylic acids is 2. The summed E-state index contributed by atoms with van der Waals surface area (Å²) in [5, 5.41) is 17.9. The van der Waals surface area contributed by atoms with Crippen molar-refractivity contribution in [2.45, 2.75) is 10.00 Å². The number of fused-ring (bicyclic) bond motifs is 1. The van der Waals surface area contributed by atoms with Crippen molar-refractivity contribution in [2.24, 2.45) is 0 Å². The maximum atomic E-state index is 10.9. The number of carboxylic acid groups (broad SMARTS) is 2. The maximum Gasteiger partial charge on any atom is 0.335 e. The third-order valence-corrected chi connectivity index (χ3v) is 4.88. The van der Waals surface area contributed by atoms with Crippen LogP contribution in [0, 0.1) is 0 Å². The number of carbonyl (C=O) groups is 2. The van der Waals surface area contributed by atoms with E-state index in [9.17, 15) is 9.59 Å². The first-order valence-corrected chi connectivity index (χ1v) is 6.57. The second kappa shape index (κ2) is 3.99. The fourth-order valence-electron chi connectivity index (χ4n) is 2.24. The summed E-state index contributed by atoms with van der Waals surface area (Å²) in [7, 11) is 0. The maximum absolute atomic E-state index is 10.9. The molecule has 1 aromatic rings. The lowest BCUT2D eigenvalue weighted by Crippen LogP contribution is -2.14. The van der Waals surface area contributed by atoms with Crippen LogP contribution < -0.4 is 0 Å². The normalized spacial score (nSPS) is 27.4. The van der Waals surface area contributed by atoms with Crippen molar-refractivity contribution in [2.75, 3.05) is 0 Å². The zero-order chi connectivity index (χ0) is 13.6. The minimum Gasteiger partial charge on any atom is -0.478 e. The van der Waals surface area contributed by atoms with E-state index in [0.29, 0.717) is 5.57 Å². The Kier molecular flexibility index (Phi) is 2.53. The van der Waals surface area contributed by atoms with E-state index < -0.39 is 11.9 Å². The van der Waals surface area contributed by atoms with Crippen molar-refractivity contribution in [1.82, 2.24) is 0 Å². The Hall–Kier alpha value is -2.01. The Morgan fingerprint density at radius 2 is 1.79 bits per heavy atom. The fraction of sp³-hybridized carbons (Fsp3) is 0.143. The summed E-state index contributed by atoms with van der Waals surface area (Å²) >= 11 is 1.66. The van der Waals surface area contributed by atoms with E-state index in [1.807, 2.05) is 6.08 Å². The van der Waals surface area contributed by atoms with Gasteiger partial charge in [0, 0.05) is 5.25 Å². The molecule has 2 aliphatic rings. The minimum atomic E-state index is -0.948. The van der Waals surface area contributed by atoms with Crippen molar-refractivity contribution in [1.29, 1.82) is 0 Å². The van der Waals surface area contributed by atoms with Crippen LogP contribution in [0.1, 0.15) is 15.9 Å². The quantitative estimate of drug-likeness (QED) is 0.827. The van der Waals surface area contributed by atoms with Crippen molar-refractivity contribution in [3.63, 3.8) is 0 Å². The number of hydrogen-bond acceptors (Lipinski definition) is 3. The van der Waals surface area contributed by atoms with E-state index in [0.717, 1.165) is 5.56 Å². The van der Waals surface area contributed by atoms with Gasteiger partial charge in [0.15, 0.2) is 0 Å². The molecule has 3 rings (SSSR count). The van der Waals surface area contributed by atoms with Gasteiger partial charge in [-0.15, -0.1) is 11.8 Å². The average molecular weight is 274 g/mol. The van der Waals surface area contributed by atoms with E-state index in [1.165, 1.54) is 0 Å². The zero-order valence-electron chi connectivity index (χ0n) is 9.74. The topological polar surface area (TPSA) is 74.6 Å². The molecule has 0 amide bonds. The molecule has 2 unspecified atom stereocenters. The molecule has 0 radical (unpaired) electrons. The van der Waals surface area contributed by atoms with Crippen LogP contribution in [0.2, 0.25) is 0 Å². The number of rotatable bonds is 3. The fourth-order valence-corrected chi connectivity index (χ4v) is 3.51. The smallest absolute Gasteiger partial charge is 0.335 e. The molecule has 2 N–H and O–H groups in total. The lowest BCUT2D eigenvalue weighted by Gasteiger charge is -2.13. The highest BCUT2D eigenvalue weighted by Gasteiger charge is 2.55. The summed E-state index contributed by atoms with van der Waals surface area (Å²) in [6.45, 7) is 0. The first-order chi connectivity index (χ1) is 9.03. The summed E-state index contributed by atoms with van der Waals surface area (Å²) in [6, 6.07) is 6.74. The Balaban J connectivity index is 1.88. The van der Waals surface area contributed by atoms with Crippen molar-refractivity contribution >= 4 is 23.7 Å². The zero-order valence-corrected chi connectivity index (χ0v) is 10.6. The molecule has 1 aliphatic carbocycles. The third-order valence-electron chi connectivity index (χ3n) is 3.36. The summed E-state index contributed by atoms with van der Waals surface area (Å²) in [4.78, 5) is 21.7. The second-order valence-corrected chi connectivity index (χ2v) is 5.89. The average Bonchev–Trinajstić information content (AvgIpc) is 3.13.